The number of fused-ring (bicyclic) bond motifs is 5. The summed E-state index contributed by atoms with van der Waals surface area (Å²) < 4.78 is 0. The van der Waals surface area contributed by atoms with Crippen molar-refractivity contribution in [1.82, 2.24) is 19.9 Å². The molecule has 15 N–H and O–H groups in total. The predicted molar refractivity (Wildman–Crippen MR) is 150 cm³/mol. The summed E-state index contributed by atoms with van der Waals surface area (Å²) in [5.74, 6) is 1.36. The molecule has 0 unspecified atom stereocenters. The zero-order valence-electron chi connectivity index (χ0n) is 22.2. The summed E-state index contributed by atoms with van der Waals surface area (Å²) in [5.41, 5.74) is 28.6. The van der Waals surface area contributed by atoms with Gasteiger partial charge in [-0.25, -0.2) is 0 Å². The van der Waals surface area contributed by atoms with Crippen molar-refractivity contribution in [2.75, 3.05) is 28.7 Å². The molecule has 0 bridgehead atoms. The molecule has 0 radical (unpaired) electrons. The molecule has 3 aliphatic rings. The number of anilines is 5. The van der Waals surface area contributed by atoms with Crippen molar-refractivity contribution < 1.29 is 25.5 Å². The Morgan fingerprint density at radius 3 is 2.10 bits per heavy atom. The fourth-order valence-corrected chi connectivity index (χ4v) is 6.50. The topological polar surface area (TPSA) is 283 Å². The van der Waals surface area contributed by atoms with Gasteiger partial charge in [0.2, 0.25) is 17.7 Å². The summed E-state index contributed by atoms with van der Waals surface area (Å²) in [5, 5.41) is 46.3. The Labute approximate surface area is 230 Å². The number of aliphatic hydroxyl groups is 1. The van der Waals surface area contributed by atoms with Crippen LogP contribution in [0.5, 0.6) is 23.5 Å². The van der Waals surface area contributed by atoms with Crippen molar-refractivity contribution in [1.29, 1.82) is 0 Å². The third-order valence-corrected chi connectivity index (χ3v) is 8.58. The van der Waals surface area contributed by atoms with Crippen molar-refractivity contribution in [2.24, 2.45) is 17.3 Å². The van der Waals surface area contributed by atoms with E-state index < -0.39 is 11.9 Å². The fraction of sp³-hybridized carbons (Fsp3) is 0.462. The highest BCUT2D eigenvalue weighted by molar-refractivity contribution is 5.65. The first-order valence-corrected chi connectivity index (χ1v) is 13.0. The highest BCUT2D eigenvalue weighted by Gasteiger charge is 2.54. The molecule has 3 aliphatic carbocycles. The second kappa shape index (κ2) is 11.0. The minimum atomic E-state index is -0.593. The fourth-order valence-electron chi connectivity index (χ4n) is 6.50. The minimum Gasteiger partial charge on any atom is -0.508 e. The van der Waals surface area contributed by atoms with Gasteiger partial charge in [0.05, 0.1) is 6.10 Å². The van der Waals surface area contributed by atoms with Crippen LogP contribution in [-0.4, -0.2) is 51.6 Å². The molecule has 3 aromatic rings. The molecule has 2 saturated carbocycles. The van der Waals surface area contributed by atoms with Gasteiger partial charge in [-0.15, -0.1) is 0 Å². The van der Waals surface area contributed by atoms with Crippen LogP contribution in [0.3, 0.4) is 0 Å². The zero-order chi connectivity index (χ0) is 29.4. The van der Waals surface area contributed by atoms with Crippen molar-refractivity contribution in [3.8, 4) is 23.5 Å². The molecule has 216 valence electrons. The minimum absolute atomic E-state index is 0.00926. The molecule has 0 spiro atoms. The molecule has 6 rings (SSSR count). The Kier molecular flexibility index (Phi) is 7.82. The molecule has 2 heterocycles. The average molecular weight is 556 g/mol. The highest BCUT2D eigenvalue weighted by Crippen LogP contribution is 2.60. The van der Waals surface area contributed by atoms with Crippen LogP contribution in [0.2, 0.25) is 0 Å². The number of nitrogen functional groups attached to an aromatic ring is 5. The van der Waals surface area contributed by atoms with Crippen molar-refractivity contribution in [3.05, 3.63) is 29.3 Å². The number of phenolic OH excluding ortho intramolecular Hbond substituents is 1. The molecular weight excluding hydrogens is 518 g/mol. The van der Waals surface area contributed by atoms with E-state index in [2.05, 4.69) is 32.9 Å². The predicted octanol–water partition coefficient (Wildman–Crippen LogP) is 1.59. The Hall–Kier alpha value is -4.46. The van der Waals surface area contributed by atoms with Gasteiger partial charge in [0.1, 0.15) is 17.1 Å². The summed E-state index contributed by atoms with van der Waals surface area (Å²) in [6.07, 6.45) is 6.78. The second-order valence-electron chi connectivity index (χ2n) is 10.8. The SMILES string of the molecule is C[C@]12CC[C@@H]3c4ccc(O)cc4CC[C@H]3[C@@H]1CC[C@@H]2O.Nc1nc(N)c(N)c(O)n1.Nc1nc(O)nc(O)c1N. The van der Waals surface area contributed by atoms with Crippen molar-refractivity contribution >= 4 is 29.0 Å². The molecule has 0 aliphatic heterocycles. The number of nitrogens with two attached hydrogens (primary N) is 5. The number of nitrogens with zero attached hydrogens (tertiary/aromatic N) is 4. The zero-order valence-corrected chi connectivity index (χ0v) is 22.2. The summed E-state index contributed by atoms with van der Waals surface area (Å²) in [6.45, 7) is 2.32. The van der Waals surface area contributed by atoms with Crippen LogP contribution in [0, 0.1) is 17.3 Å². The van der Waals surface area contributed by atoms with Gasteiger partial charge < -0.3 is 54.2 Å². The molecule has 5 atom stereocenters. The summed E-state index contributed by atoms with van der Waals surface area (Å²) in [6, 6.07) is 5.36. The van der Waals surface area contributed by atoms with Gasteiger partial charge in [-0.3, -0.25) is 0 Å². The van der Waals surface area contributed by atoms with Gasteiger partial charge in [-0.05, 0) is 85.0 Å². The molecule has 2 fully saturated rings. The van der Waals surface area contributed by atoms with Gasteiger partial charge in [0.15, 0.2) is 11.6 Å². The number of aromatic nitrogens is 4. The molecule has 0 saturated heterocycles. The van der Waals surface area contributed by atoms with Crippen LogP contribution >= 0.6 is 0 Å². The van der Waals surface area contributed by atoms with E-state index in [1.165, 1.54) is 30.4 Å². The Balaban J connectivity index is 0.000000156. The highest BCUT2D eigenvalue weighted by atomic mass is 16.3. The number of hydrogen-bond acceptors (Lipinski definition) is 14. The average Bonchev–Trinajstić information content (AvgIpc) is 3.20. The lowest BCUT2D eigenvalue weighted by Gasteiger charge is -2.50. The van der Waals surface area contributed by atoms with Crippen molar-refractivity contribution in [2.45, 2.75) is 57.5 Å². The number of rotatable bonds is 0. The summed E-state index contributed by atoms with van der Waals surface area (Å²) in [7, 11) is 0. The van der Waals surface area contributed by atoms with E-state index >= 15 is 0 Å². The first kappa shape index (κ1) is 28.5. The second-order valence-corrected chi connectivity index (χ2v) is 10.8. The van der Waals surface area contributed by atoms with Gasteiger partial charge >= 0.3 is 6.01 Å². The quantitative estimate of drug-likeness (QED) is 0.188. The maximum atomic E-state index is 10.4. The summed E-state index contributed by atoms with van der Waals surface area (Å²) >= 11 is 0. The molecule has 2 aromatic heterocycles. The molecule has 1 aromatic carbocycles. The van der Waals surface area contributed by atoms with Crippen LogP contribution in [0.4, 0.5) is 29.0 Å². The lowest BCUT2D eigenvalue weighted by atomic mass is 9.55. The number of aliphatic hydroxyl groups excluding tert-OH is 1. The maximum Gasteiger partial charge on any atom is 0.319 e. The Bertz CT molecular complexity index is 1290. The Morgan fingerprint density at radius 1 is 0.800 bits per heavy atom. The van der Waals surface area contributed by atoms with Gasteiger partial charge in [0, 0.05) is 0 Å². The molecule has 14 heteroatoms. The van der Waals surface area contributed by atoms with Crippen LogP contribution < -0.4 is 28.7 Å². The van der Waals surface area contributed by atoms with Gasteiger partial charge in [0.25, 0.3) is 0 Å². The third kappa shape index (κ3) is 5.47. The van der Waals surface area contributed by atoms with Crippen molar-refractivity contribution in [3.63, 3.8) is 0 Å². The Morgan fingerprint density at radius 2 is 1.45 bits per heavy atom. The van der Waals surface area contributed by atoms with E-state index in [1.54, 1.807) is 0 Å². The van der Waals surface area contributed by atoms with E-state index in [-0.39, 0.29) is 46.4 Å². The van der Waals surface area contributed by atoms with E-state index in [0.29, 0.717) is 17.6 Å². The molecule has 0 amide bonds. The molecule has 14 nitrogen and oxygen atoms in total. The monoisotopic (exact) mass is 555 g/mol. The largest absolute Gasteiger partial charge is 0.508 e. The number of benzene rings is 1. The molecule has 40 heavy (non-hydrogen) atoms. The first-order chi connectivity index (χ1) is 18.8. The lowest BCUT2D eigenvalue weighted by molar-refractivity contribution is -0.0226. The van der Waals surface area contributed by atoms with Crippen LogP contribution in [0.1, 0.15) is 56.1 Å². The van der Waals surface area contributed by atoms with Gasteiger partial charge in [-0.1, -0.05) is 13.0 Å². The van der Waals surface area contributed by atoms with E-state index in [4.69, 9.17) is 44.0 Å². The number of aryl methyl sites for hydroxylation is 1. The third-order valence-electron chi connectivity index (χ3n) is 8.58. The van der Waals surface area contributed by atoms with E-state index in [9.17, 15) is 10.2 Å². The number of phenols is 1. The smallest absolute Gasteiger partial charge is 0.319 e. The van der Waals surface area contributed by atoms with Crippen LogP contribution in [-0.2, 0) is 6.42 Å². The van der Waals surface area contributed by atoms with Crippen LogP contribution in [0.15, 0.2) is 18.2 Å². The van der Waals surface area contributed by atoms with Gasteiger partial charge in [-0.2, -0.15) is 19.9 Å². The normalized spacial score (nSPS) is 26.1. The summed E-state index contributed by atoms with van der Waals surface area (Å²) in [4.78, 5) is 13.2. The maximum absolute atomic E-state index is 10.4. The van der Waals surface area contributed by atoms with E-state index in [1.807, 2.05) is 12.1 Å². The lowest BCUT2D eigenvalue weighted by Crippen LogP contribution is -2.43. The van der Waals surface area contributed by atoms with E-state index in [0.717, 1.165) is 25.2 Å². The first-order valence-electron chi connectivity index (χ1n) is 13.0. The standard InChI is InChI=1S/C18H24O2.C4H7N5O.C4H6N4O2/c1-18-9-8-14-13-5-3-12(19)10-11(13)2-4-15(14)16(18)6-7-17(18)20;5-1-2(6)8-4(7)9-3(1)10;5-1-2(6)7-4(10)8-3(1)9/h3,5,10,14-17,19-20H,2,4,6-9H2,1H3;5H2,(H5,6,7,8,9,10);5H2,(H4,6,7,8,9,10)/t14-,15-,16+,17+,18+;;/m1../s1. The number of aromatic hydroxyl groups is 4. The van der Waals surface area contributed by atoms with Crippen LogP contribution in [0.25, 0.3) is 0 Å². The molecular formula is C26H37N9O5. The number of hydrogen-bond donors (Lipinski definition) is 10.